The summed E-state index contributed by atoms with van der Waals surface area (Å²) in [5, 5.41) is 21.8. The summed E-state index contributed by atoms with van der Waals surface area (Å²) in [4.78, 5) is 12.0. The normalized spacial score (nSPS) is 10.8. The van der Waals surface area contributed by atoms with Gasteiger partial charge < -0.3 is 24.7 Å². The molecule has 144 valence electrons. The highest BCUT2D eigenvalue weighted by Crippen LogP contribution is 2.47. The fourth-order valence-corrected chi connectivity index (χ4v) is 3.53. The Hall–Kier alpha value is -4.18. The van der Waals surface area contributed by atoms with Crippen molar-refractivity contribution >= 4 is 27.5 Å². The molecule has 7 heteroatoms. The van der Waals surface area contributed by atoms with Crippen molar-refractivity contribution in [1.29, 1.82) is 5.26 Å². The summed E-state index contributed by atoms with van der Waals surface area (Å²) in [6.45, 7) is 0. The predicted molar refractivity (Wildman–Crippen MR) is 107 cm³/mol. The van der Waals surface area contributed by atoms with Crippen LogP contribution in [0.2, 0.25) is 0 Å². The van der Waals surface area contributed by atoms with Crippen molar-refractivity contribution in [3.63, 3.8) is 0 Å². The minimum absolute atomic E-state index is 0.0636. The number of ether oxygens (including phenoxy) is 2. The van der Waals surface area contributed by atoms with Crippen LogP contribution in [0.4, 0.5) is 0 Å². The number of nitrogens with zero attached hydrogens (tertiary/aromatic N) is 1. The molecule has 0 radical (unpaired) electrons. The van der Waals surface area contributed by atoms with Crippen molar-refractivity contribution in [2.24, 2.45) is 5.73 Å². The summed E-state index contributed by atoms with van der Waals surface area (Å²) < 4.78 is 16.2. The number of carbonyl (C=O) groups excluding carboxylic acids is 1. The smallest absolute Gasteiger partial charge is 0.285 e. The number of aromatic hydroxyl groups is 1. The Morgan fingerprint density at radius 1 is 1.07 bits per heavy atom. The Morgan fingerprint density at radius 3 is 2.24 bits per heavy atom. The van der Waals surface area contributed by atoms with Crippen molar-refractivity contribution < 1.29 is 23.8 Å². The Labute approximate surface area is 165 Å². The van der Waals surface area contributed by atoms with Crippen molar-refractivity contribution in [3.05, 3.63) is 54.0 Å². The molecule has 3 aromatic carbocycles. The lowest BCUT2D eigenvalue weighted by atomic mass is 9.91. The molecule has 0 saturated heterocycles. The first-order valence-corrected chi connectivity index (χ1v) is 8.62. The number of rotatable bonds is 4. The van der Waals surface area contributed by atoms with Gasteiger partial charge in [0.2, 0.25) is 0 Å². The number of hydrogen-bond donors (Lipinski definition) is 2. The zero-order valence-corrected chi connectivity index (χ0v) is 15.6. The molecule has 0 bridgehead atoms. The second kappa shape index (κ2) is 6.77. The van der Waals surface area contributed by atoms with Crippen LogP contribution >= 0.6 is 0 Å². The number of primary amides is 1. The van der Waals surface area contributed by atoms with E-state index in [-0.39, 0.29) is 11.5 Å². The third-order valence-corrected chi connectivity index (χ3v) is 4.87. The van der Waals surface area contributed by atoms with Crippen LogP contribution in [0, 0.1) is 11.3 Å². The molecule has 0 atom stereocenters. The molecule has 29 heavy (non-hydrogen) atoms. The molecular formula is C22H16N2O5. The molecule has 4 aromatic rings. The molecule has 0 saturated carbocycles. The van der Waals surface area contributed by atoms with Gasteiger partial charge in [0.1, 0.15) is 12.0 Å². The number of fused-ring (bicyclic) bond motifs is 2. The highest BCUT2D eigenvalue weighted by molar-refractivity contribution is 6.22. The van der Waals surface area contributed by atoms with Gasteiger partial charge >= 0.3 is 0 Å². The molecule has 7 nitrogen and oxygen atoms in total. The fourth-order valence-electron chi connectivity index (χ4n) is 3.53. The Bertz CT molecular complexity index is 1310. The van der Waals surface area contributed by atoms with E-state index in [1.807, 2.05) is 0 Å². The van der Waals surface area contributed by atoms with Crippen LogP contribution in [0.5, 0.6) is 17.2 Å². The molecule has 3 N–H and O–H groups in total. The molecule has 0 aliphatic rings. The van der Waals surface area contributed by atoms with Gasteiger partial charge in [-0.05, 0) is 35.2 Å². The van der Waals surface area contributed by atoms with E-state index in [9.17, 15) is 9.90 Å². The number of carbonyl (C=O) groups is 1. The van der Waals surface area contributed by atoms with Gasteiger partial charge in [-0.2, -0.15) is 5.26 Å². The number of nitrogens with two attached hydrogens (primary N) is 1. The zero-order chi connectivity index (χ0) is 20.7. The highest BCUT2D eigenvalue weighted by Gasteiger charge is 2.24. The van der Waals surface area contributed by atoms with Crippen molar-refractivity contribution in [2.45, 2.75) is 0 Å². The second-order valence-corrected chi connectivity index (χ2v) is 6.38. The summed E-state index contributed by atoms with van der Waals surface area (Å²) in [5.74, 6) is 0.0156. The van der Waals surface area contributed by atoms with E-state index in [2.05, 4.69) is 6.07 Å². The predicted octanol–water partition coefficient (Wildman–Crippen LogP) is 3.95. The number of phenolic OH excluding ortho intramolecular Hbond substituents is 1. The van der Waals surface area contributed by atoms with E-state index in [4.69, 9.17) is 24.9 Å². The maximum absolute atomic E-state index is 12.0. The van der Waals surface area contributed by atoms with Gasteiger partial charge in [0.15, 0.2) is 17.3 Å². The van der Waals surface area contributed by atoms with Gasteiger partial charge in [-0.25, -0.2) is 0 Å². The zero-order valence-electron chi connectivity index (χ0n) is 15.6. The molecule has 4 rings (SSSR count). The van der Waals surface area contributed by atoms with Gasteiger partial charge in [0.25, 0.3) is 5.91 Å². The Balaban J connectivity index is 2.23. The molecule has 1 heterocycles. The van der Waals surface area contributed by atoms with Gasteiger partial charge in [0.05, 0.1) is 31.2 Å². The second-order valence-electron chi connectivity index (χ2n) is 6.38. The molecule has 0 aliphatic heterocycles. The third kappa shape index (κ3) is 2.70. The number of hydrogen-bond acceptors (Lipinski definition) is 6. The molecule has 0 unspecified atom stereocenters. The first kappa shape index (κ1) is 18.2. The van der Waals surface area contributed by atoms with E-state index >= 15 is 0 Å². The quantitative estimate of drug-likeness (QED) is 0.546. The van der Waals surface area contributed by atoms with E-state index < -0.39 is 5.91 Å². The van der Waals surface area contributed by atoms with Crippen LogP contribution in [0.3, 0.4) is 0 Å². The topological polar surface area (TPSA) is 119 Å². The summed E-state index contributed by atoms with van der Waals surface area (Å²) in [6, 6.07) is 12.3. The Kier molecular flexibility index (Phi) is 4.24. The van der Waals surface area contributed by atoms with Crippen LogP contribution in [-0.4, -0.2) is 25.2 Å². The van der Waals surface area contributed by atoms with Crippen LogP contribution in [0.15, 0.2) is 47.1 Å². The average molecular weight is 388 g/mol. The van der Waals surface area contributed by atoms with E-state index in [1.54, 1.807) is 36.4 Å². The average Bonchev–Trinajstić information content (AvgIpc) is 3.19. The van der Waals surface area contributed by atoms with Gasteiger partial charge in [-0.1, -0.05) is 12.1 Å². The maximum Gasteiger partial charge on any atom is 0.285 e. The lowest BCUT2D eigenvalue weighted by molar-refractivity contribution is 0.0976. The highest BCUT2D eigenvalue weighted by atomic mass is 16.5. The molecule has 1 amide bonds. The van der Waals surface area contributed by atoms with Gasteiger partial charge in [-0.3, -0.25) is 4.79 Å². The Morgan fingerprint density at radius 2 is 1.69 bits per heavy atom. The number of phenols is 1. The number of furan rings is 1. The summed E-state index contributed by atoms with van der Waals surface area (Å²) in [5.41, 5.74) is 7.35. The first-order valence-electron chi connectivity index (χ1n) is 8.62. The molecule has 0 fully saturated rings. The first-order chi connectivity index (χ1) is 14.0. The molecule has 1 aromatic heterocycles. The van der Waals surface area contributed by atoms with Crippen molar-refractivity contribution in [3.8, 4) is 34.4 Å². The van der Waals surface area contributed by atoms with Crippen LogP contribution < -0.4 is 15.2 Å². The van der Waals surface area contributed by atoms with Crippen molar-refractivity contribution in [2.75, 3.05) is 14.2 Å². The van der Waals surface area contributed by atoms with E-state index in [1.165, 1.54) is 20.5 Å². The monoisotopic (exact) mass is 388 g/mol. The standard InChI is InChI=1S/C22H16N2O5/c1-27-16-7-13-14(8-17(16)28-2)20(25)15-10-29-21(22(24)26)19(15)18(13)12-5-3-11(9-23)4-6-12/h3-8,10,25H,1-2H3,(H2,24,26). The molecule has 0 spiro atoms. The summed E-state index contributed by atoms with van der Waals surface area (Å²) >= 11 is 0. The third-order valence-electron chi connectivity index (χ3n) is 4.87. The molecule has 0 aliphatic carbocycles. The summed E-state index contributed by atoms with van der Waals surface area (Å²) in [6.07, 6.45) is 1.30. The van der Waals surface area contributed by atoms with Gasteiger partial charge in [0, 0.05) is 16.3 Å². The number of nitriles is 1. The number of methoxy groups -OCH3 is 2. The SMILES string of the molecule is COc1cc2c(O)c3coc(C(N)=O)c3c(-c3ccc(C#N)cc3)c2cc1OC. The van der Waals surface area contributed by atoms with Crippen LogP contribution in [0.1, 0.15) is 16.1 Å². The number of amides is 1. The minimum atomic E-state index is -0.755. The minimum Gasteiger partial charge on any atom is -0.507 e. The van der Waals surface area contributed by atoms with Crippen LogP contribution in [-0.2, 0) is 0 Å². The van der Waals surface area contributed by atoms with Gasteiger partial charge in [-0.15, -0.1) is 0 Å². The largest absolute Gasteiger partial charge is 0.507 e. The lowest BCUT2D eigenvalue weighted by Gasteiger charge is -2.15. The molecular weight excluding hydrogens is 372 g/mol. The maximum atomic E-state index is 12.0. The van der Waals surface area contributed by atoms with E-state index in [0.29, 0.717) is 44.2 Å². The van der Waals surface area contributed by atoms with Crippen LogP contribution in [0.25, 0.3) is 32.7 Å². The van der Waals surface area contributed by atoms with Crippen molar-refractivity contribution in [1.82, 2.24) is 0 Å². The number of benzene rings is 3. The lowest BCUT2D eigenvalue weighted by Crippen LogP contribution is -2.10. The van der Waals surface area contributed by atoms with E-state index in [0.717, 1.165) is 5.56 Å². The fraction of sp³-hybridized carbons (Fsp3) is 0.0909. The summed E-state index contributed by atoms with van der Waals surface area (Å²) in [7, 11) is 3.01.